The maximum absolute atomic E-state index is 12.0. The molecule has 0 atom stereocenters. The first-order chi connectivity index (χ1) is 25.7. The van der Waals surface area contributed by atoms with E-state index in [-0.39, 0.29) is 36.8 Å². The average Bonchev–Trinajstić information content (AvgIpc) is 3.14. The Morgan fingerprint density at radius 2 is 0.648 bits per heavy atom. The van der Waals surface area contributed by atoms with Crippen LogP contribution in [0.3, 0.4) is 0 Å². The first-order valence-electron chi connectivity index (χ1n) is 22.7. The highest BCUT2D eigenvalue weighted by molar-refractivity contribution is 5.85. The first kappa shape index (κ1) is 57.2. The van der Waals surface area contributed by atoms with Gasteiger partial charge in [0.05, 0.1) is 26.1 Å². The molecule has 0 aliphatic heterocycles. The van der Waals surface area contributed by atoms with Crippen molar-refractivity contribution >= 4 is 36.8 Å². The van der Waals surface area contributed by atoms with Crippen LogP contribution >= 0.6 is 24.8 Å². The van der Waals surface area contributed by atoms with Gasteiger partial charge in [0.2, 0.25) is 0 Å². The number of unbranched alkanes of at least 4 members (excludes halogenated alkanes) is 25. The van der Waals surface area contributed by atoms with Crippen LogP contribution in [0.15, 0.2) is 24.3 Å². The van der Waals surface area contributed by atoms with Crippen molar-refractivity contribution in [3.05, 3.63) is 24.3 Å². The number of carbonyl (C=O) groups excluding carboxylic acids is 2. The summed E-state index contributed by atoms with van der Waals surface area (Å²) in [5.41, 5.74) is 0. The quantitative estimate of drug-likeness (QED) is 0.0363. The van der Waals surface area contributed by atoms with Crippen molar-refractivity contribution in [1.29, 1.82) is 0 Å². The monoisotopic (exact) mass is 805 g/mol. The number of rotatable bonds is 43. The Labute approximate surface area is 348 Å². The maximum atomic E-state index is 12.0. The van der Waals surface area contributed by atoms with Crippen molar-refractivity contribution in [1.82, 2.24) is 10.6 Å². The molecular formula is C46H90Cl2N2O4. The highest BCUT2D eigenvalue weighted by Gasteiger charge is 2.04. The highest BCUT2D eigenvalue weighted by atomic mass is 35.5. The summed E-state index contributed by atoms with van der Waals surface area (Å²) in [7, 11) is 0. The normalized spacial score (nSPS) is 11.2. The second kappa shape index (κ2) is 51.9. The zero-order chi connectivity index (χ0) is 37.7. The fourth-order valence-electron chi connectivity index (χ4n) is 6.35. The molecule has 0 aliphatic carbocycles. The Morgan fingerprint density at radius 1 is 0.370 bits per heavy atom. The molecule has 0 radical (unpaired) electrons. The van der Waals surface area contributed by atoms with Crippen molar-refractivity contribution in [3.8, 4) is 0 Å². The first-order valence-corrected chi connectivity index (χ1v) is 22.7. The average molecular weight is 806 g/mol. The number of hydrogen-bond acceptors (Lipinski definition) is 6. The largest absolute Gasteiger partial charge is 0.466 e. The van der Waals surface area contributed by atoms with Crippen LogP contribution in [0.1, 0.15) is 219 Å². The van der Waals surface area contributed by atoms with Crippen molar-refractivity contribution < 1.29 is 19.1 Å². The number of halogens is 2. The molecule has 8 heteroatoms. The van der Waals surface area contributed by atoms with Crippen molar-refractivity contribution in [2.24, 2.45) is 0 Å². The Morgan fingerprint density at radius 3 is 0.963 bits per heavy atom. The van der Waals surface area contributed by atoms with Crippen LogP contribution < -0.4 is 10.6 Å². The van der Waals surface area contributed by atoms with E-state index in [4.69, 9.17) is 9.47 Å². The summed E-state index contributed by atoms with van der Waals surface area (Å²) >= 11 is 0. The van der Waals surface area contributed by atoms with Gasteiger partial charge in [-0.05, 0) is 90.1 Å². The van der Waals surface area contributed by atoms with E-state index in [0.29, 0.717) is 39.1 Å². The van der Waals surface area contributed by atoms with Crippen LogP contribution in [0, 0.1) is 0 Å². The van der Waals surface area contributed by atoms with Crippen LogP contribution in [0.2, 0.25) is 0 Å². The number of esters is 2. The highest BCUT2D eigenvalue weighted by Crippen LogP contribution is 2.12. The van der Waals surface area contributed by atoms with E-state index in [1.165, 1.54) is 154 Å². The third-order valence-electron chi connectivity index (χ3n) is 9.81. The van der Waals surface area contributed by atoms with Crippen LogP contribution in [-0.2, 0) is 19.1 Å². The van der Waals surface area contributed by atoms with Crippen molar-refractivity contribution in [2.75, 3.05) is 39.4 Å². The van der Waals surface area contributed by atoms with Gasteiger partial charge in [-0.15, -0.1) is 24.8 Å². The minimum Gasteiger partial charge on any atom is -0.466 e. The molecule has 0 saturated carbocycles. The third-order valence-corrected chi connectivity index (χ3v) is 9.81. The fourth-order valence-corrected chi connectivity index (χ4v) is 6.35. The molecule has 0 rings (SSSR count). The zero-order valence-electron chi connectivity index (χ0n) is 35.6. The third kappa shape index (κ3) is 50.9. The Balaban J connectivity index is -0.0000130. The van der Waals surface area contributed by atoms with Gasteiger partial charge in [-0.25, -0.2) is 0 Å². The molecule has 54 heavy (non-hydrogen) atoms. The SMILES string of the molecule is CCCCCCCCC=CCCCCCCCCOC(=O)CCNCCCCNCCC(=O)OCCCCCCCCC=CCCCCCCCC.Cl.Cl. The molecule has 0 aliphatic rings. The Bertz CT molecular complexity index is 733. The number of carbonyl (C=O) groups is 2. The fraction of sp³-hybridized carbons (Fsp3) is 0.870. The van der Waals surface area contributed by atoms with E-state index in [1.807, 2.05) is 0 Å². The summed E-state index contributed by atoms with van der Waals surface area (Å²) in [6, 6.07) is 0. The van der Waals surface area contributed by atoms with Gasteiger partial charge in [0.15, 0.2) is 0 Å². The number of allylic oxidation sites excluding steroid dienone is 4. The standard InChI is InChI=1S/C46H88N2O4.2ClH/c1-3-5-7-9-11-13-15-17-19-21-23-25-27-29-31-35-43-51-45(49)37-41-47-39-33-34-40-48-42-38-46(50)52-44-36-32-30-28-26-24-22-20-18-16-14-12-10-8-6-4-2;;/h17-20,47-48H,3-16,21-44H2,1-2H3;2*1H. The lowest BCUT2D eigenvalue weighted by atomic mass is 10.1. The van der Waals surface area contributed by atoms with E-state index >= 15 is 0 Å². The van der Waals surface area contributed by atoms with Gasteiger partial charge in [-0.3, -0.25) is 9.59 Å². The molecule has 0 spiro atoms. The zero-order valence-corrected chi connectivity index (χ0v) is 37.3. The van der Waals surface area contributed by atoms with E-state index < -0.39 is 0 Å². The summed E-state index contributed by atoms with van der Waals surface area (Å²) in [5, 5.41) is 6.68. The van der Waals surface area contributed by atoms with Gasteiger partial charge in [0, 0.05) is 13.1 Å². The van der Waals surface area contributed by atoms with Crippen LogP contribution in [0.4, 0.5) is 0 Å². The van der Waals surface area contributed by atoms with E-state index in [0.717, 1.165) is 51.6 Å². The van der Waals surface area contributed by atoms with Gasteiger partial charge in [-0.1, -0.05) is 154 Å². The predicted octanol–water partition coefficient (Wildman–Crippen LogP) is 13.7. The van der Waals surface area contributed by atoms with Gasteiger partial charge in [0.1, 0.15) is 0 Å². The maximum Gasteiger partial charge on any atom is 0.307 e. The Kier molecular flexibility index (Phi) is 55.0. The predicted molar refractivity (Wildman–Crippen MR) is 240 cm³/mol. The minimum atomic E-state index is -0.0959. The summed E-state index contributed by atoms with van der Waals surface area (Å²) in [4.78, 5) is 23.9. The molecule has 0 amide bonds. The van der Waals surface area contributed by atoms with Gasteiger partial charge >= 0.3 is 11.9 Å². The van der Waals surface area contributed by atoms with Crippen LogP contribution in [0.25, 0.3) is 0 Å². The van der Waals surface area contributed by atoms with Crippen molar-refractivity contribution in [2.45, 2.75) is 219 Å². The van der Waals surface area contributed by atoms with E-state index in [1.54, 1.807) is 0 Å². The van der Waals surface area contributed by atoms with Gasteiger partial charge in [0.25, 0.3) is 0 Å². The van der Waals surface area contributed by atoms with Gasteiger partial charge in [-0.2, -0.15) is 0 Å². The van der Waals surface area contributed by atoms with Crippen molar-refractivity contribution in [3.63, 3.8) is 0 Å². The van der Waals surface area contributed by atoms with E-state index in [2.05, 4.69) is 48.8 Å². The number of hydrogen-bond donors (Lipinski definition) is 2. The molecule has 6 nitrogen and oxygen atoms in total. The molecule has 0 fully saturated rings. The molecule has 0 unspecified atom stereocenters. The van der Waals surface area contributed by atoms with E-state index in [9.17, 15) is 9.59 Å². The molecule has 0 saturated heterocycles. The summed E-state index contributed by atoms with van der Waals surface area (Å²) < 4.78 is 10.8. The lowest BCUT2D eigenvalue weighted by Gasteiger charge is -2.08. The second-order valence-electron chi connectivity index (χ2n) is 15.0. The molecule has 2 N–H and O–H groups in total. The smallest absolute Gasteiger partial charge is 0.307 e. The number of nitrogens with one attached hydrogen (secondary N) is 2. The molecular weight excluding hydrogens is 715 g/mol. The molecule has 0 bridgehead atoms. The molecule has 0 aromatic carbocycles. The number of ether oxygens (including phenoxy) is 2. The second-order valence-corrected chi connectivity index (χ2v) is 15.0. The van der Waals surface area contributed by atoms with Gasteiger partial charge < -0.3 is 20.1 Å². The van der Waals surface area contributed by atoms with Crippen LogP contribution in [0.5, 0.6) is 0 Å². The Hall–Kier alpha value is -1.08. The molecule has 0 aromatic heterocycles. The summed E-state index contributed by atoms with van der Waals surface area (Å²) in [6.45, 7) is 8.77. The minimum absolute atomic E-state index is 0. The molecule has 0 aromatic rings. The lowest BCUT2D eigenvalue weighted by molar-refractivity contribution is -0.144. The molecule has 0 heterocycles. The summed E-state index contributed by atoms with van der Waals surface area (Å²) in [6.07, 6.45) is 48.4. The molecule has 322 valence electrons. The summed E-state index contributed by atoms with van der Waals surface area (Å²) in [5.74, 6) is -0.192. The van der Waals surface area contributed by atoms with Crippen LogP contribution in [-0.4, -0.2) is 51.3 Å². The topological polar surface area (TPSA) is 76.7 Å². The lowest BCUT2D eigenvalue weighted by Crippen LogP contribution is -2.23.